The van der Waals surface area contributed by atoms with Crippen LogP contribution in [0.2, 0.25) is 0 Å². The molecular formula is Cl4LiPd-. The van der Waals surface area contributed by atoms with Gasteiger partial charge in [-0.05, 0) is 0 Å². The zero-order chi connectivity index (χ0) is 4.50. The first-order chi connectivity index (χ1) is 2.00. The van der Waals surface area contributed by atoms with Crippen molar-refractivity contribution in [1.29, 1.82) is 0 Å². The molecule has 0 bridgehead atoms. The summed E-state index contributed by atoms with van der Waals surface area (Å²) < 4.78 is 0. The minimum atomic E-state index is -2.81. The van der Waals surface area contributed by atoms with E-state index in [9.17, 15) is 0 Å². The van der Waals surface area contributed by atoms with Gasteiger partial charge in [0.05, 0.1) is 0 Å². The molecule has 0 heterocycles. The normalized spacial score (nSPS) is 12.7. The van der Waals surface area contributed by atoms with E-state index in [1.165, 1.54) is 0 Å². The van der Waals surface area contributed by atoms with Gasteiger partial charge in [-0.1, -0.05) is 0 Å². The summed E-state index contributed by atoms with van der Waals surface area (Å²) in [7, 11) is 19.9. The molecule has 0 aromatic carbocycles. The molecule has 0 aliphatic rings. The molecule has 0 saturated carbocycles. The topological polar surface area (TPSA) is 0 Å². The van der Waals surface area contributed by atoms with Crippen LogP contribution in [-0.4, -0.2) is 0 Å². The van der Waals surface area contributed by atoms with Crippen molar-refractivity contribution in [3.8, 4) is 0 Å². The summed E-state index contributed by atoms with van der Waals surface area (Å²) >= 11 is -2.81. The molecule has 40 valence electrons. The average molecular weight is 255 g/mol. The van der Waals surface area contributed by atoms with Crippen LogP contribution in [0.1, 0.15) is 0 Å². The second-order valence-electron chi connectivity index (χ2n) is 0.271. The van der Waals surface area contributed by atoms with Crippen molar-refractivity contribution in [1.82, 2.24) is 0 Å². The van der Waals surface area contributed by atoms with Crippen LogP contribution in [0.3, 0.4) is 0 Å². The Morgan fingerprint density at radius 3 is 0.833 bits per heavy atom. The number of rotatable bonds is 0. The molecule has 6 heavy (non-hydrogen) atoms. The fourth-order valence-electron chi connectivity index (χ4n) is 0. The first kappa shape index (κ1) is 11.2. The van der Waals surface area contributed by atoms with Crippen LogP contribution < -0.4 is 18.9 Å². The fraction of sp³-hybridized carbons (Fsp3) is 0. The summed E-state index contributed by atoms with van der Waals surface area (Å²) in [6, 6.07) is 0. The summed E-state index contributed by atoms with van der Waals surface area (Å²) in [6.45, 7) is 0. The Labute approximate surface area is 67.6 Å². The summed E-state index contributed by atoms with van der Waals surface area (Å²) in [5, 5.41) is 0. The first-order valence-electron chi connectivity index (χ1n) is 0.478. The molecule has 0 spiro atoms. The minimum Gasteiger partial charge on any atom is 1.00 e. The van der Waals surface area contributed by atoms with Crippen LogP contribution in [0.15, 0.2) is 0 Å². The second kappa shape index (κ2) is 4.31. The SMILES string of the molecule is [Cl][Pd-2]([Cl])([Cl])[Cl].[Li+]. The van der Waals surface area contributed by atoms with Gasteiger partial charge in [0.25, 0.3) is 0 Å². The van der Waals surface area contributed by atoms with Gasteiger partial charge in [-0.15, -0.1) is 0 Å². The van der Waals surface area contributed by atoms with E-state index in [-0.39, 0.29) is 18.9 Å². The van der Waals surface area contributed by atoms with Gasteiger partial charge >= 0.3 is 68.4 Å². The Bertz CT molecular complexity index is 23.0. The Kier molecular flexibility index (Phi) is 8.09. The molecule has 0 aromatic heterocycles. The van der Waals surface area contributed by atoms with E-state index >= 15 is 0 Å². The van der Waals surface area contributed by atoms with Crippen LogP contribution in [0.4, 0.5) is 0 Å². The number of hydrogen-bond donors (Lipinski definition) is 0. The molecule has 6 heteroatoms. The third-order valence-electron chi connectivity index (χ3n) is 0. The van der Waals surface area contributed by atoms with Crippen LogP contribution in [0.5, 0.6) is 0 Å². The quantitative estimate of drug-likeness (QED) is 0.524. The molecular weight excluding hydrogens is 255 g/mol. The van der Waals surface area contributed by atoms with Gasteiger partial charge in [-0.2, -0.15) is 0 Å². The largest absolute Gasteiger partial charge is 1.00 e. The third kappa shape index (κ3) is 32.2. The summed E-state index contributed by atoms with van der Waals surface area (Å²) in [6.07, 6.45) is 0. The molecule has 0 fully saturated rings. The zero-order valence-corrected chi connectivity index (χ0v) is 7.41. The van der Waals surface area contributed by atoms with E-state index in [4.69, 9.17) is 38.1 Å². The predicted octanol–water partition coefficient (Wildman–Crippen LogP) is -0.241. The fourth-order valence-corrected chi connectivity index (χ4v) is 0. The van der Waals surface area contributed by atoms with Gasteiger partial charge in [0.1, 0.15) is 0 Å². The van der Waals surface area contributed by atoms with Gasteiger partial charge in [0.2, 0.25) is 0 Å². The average Bonchev–Trinajstić information content (AvgIpc) is 0.722. The smallest absolute Gasteiger partial charge is 1.00 e. The standard InChI is InChI=1S/4ClH.Li.Pd/h4*1H;;/q;;;;+1;+2/p-4. The van der Waals surface area contributed by atoms with Crippen molar-refractivity contribution in [2.45, 2.75) is 0 Å². The van der Waals surface area contributed by atoms with Crippen molar-refractivity contribution >= 4 is 38.1 Å². The molecule has 0 rings (SSSR count). The van der Waals surface area contributed by atoms with Crippen LogP contribution in [0, 0.1) is 0 Å². The minimum absolute atomic E-state index is 0. The third-order valence-corrected chi connectivity index (χ3v) is 0. The molecule has 0 nitrogen and oxygen atoms in total. The number of halogens is 4. The maximum atomic E-state index is 4.98. The number of hydrogen-bond acceptors (Lipinski definition) is 0. The van der Waals surface area contributed by atoms with Crippen molar-refractivity contribution in [2.75, 3.05) is 0 Å². The van der Waals surface area contributed by atoms with E-state index in [1.54, 1.807) is 0 Å². The molecule has 0 atom stereocenters. The van der Waals surface area contributed by atoms with Crippen molar-refractivity contribution in [2.24, 2.45) is 0 Å². The van der Waals surface area contributed by atoms with Crippen LogP contribution in [-0.2, 0) is 11.5 Å². The molecule has 0 amide bonds. The molecule has 0 saturated heterocycles. The van der Waals surface area contributed by atoms with E-state index in [2.05, 4.69) is 0 Å². The molecule has 0 aliphatic carbocycles. The monoisotopic (exact) mass is 253 g/mol. The Morgan fingerprint density at radius 2 is 0.833 bits per heavy atom. The molecule has 0 aromatic rings. The Balaban J connectivity index is 0. The first-order valence-corrected chi connectivity index (χ1v) is 8.49. The summed E-state index contributed by atoms with van der Waals surface area (Å²) in [4.78, 5) is 0. The van der Waals surface area contributed by atoms with Gasteiger partial charge in [0.15, 0.2) is 0 Å². The maximum absolute atomic E-state index is 4.98. The van der Waals surface area contributed by atoms with E-state index in [0.29, 0.717) is 0 Å². The van der Waals surface area contributed by atoms with Crippen molar-refractivity contribution < 1.29 is 30.3 Å². The van der Waals surface area contributed by atoms with E-state index in [0.717, 1.165) is 0 Å². The van der Waals surface area contributed by atoms with Gasteiger partial charge in [0, 0.05) is 0 Å². The molecule has 0 N–H and O–H groups in total. The maximum Gasteiger partial charge on any atom is 1.00 e. The molecule has 0 aliphatic heterocycles. The van der Waals surface area contributed by atoms with Crippen LogP contribution >= 0.6 is 38.1 Å². The Hall–Kier alpha value is 2.42. The molecule has 0 radical (unpaired) electrons. The van der Waals surface area contributed by atoms with E-state index in [1.807, 2.05) is 0 Å². The van der Waals surface area contributed by atoms with Gasteiger partial charge in [-0.25, -0.2) is 0 Å². The molecule has 0 unspecified atom stereocenters. The van der Waals surface area contributed by atoms with Gasteiger partial charge < -0.3 is 0 Å². The predicted molar refractivity (Wildman–Crippen MR) is 23.4 cm³/mol. The van der Waals surface area contributed by atoms with Crippen molar-refractivity contribution in [3.05, 3.63) is 0 Å². The van der Waals surface area contributed by atoms with Crippen LogP contribution in [0.25, 0.3) is 0 Å². The second-order valence-corrected chi connectivity index (χ2v) is 14.4. The van der Waals surface area contributed by atoms with Gasteiger partial charge in [-0.3, -0.25) is 0 Å². The Morgan fingerprint density at radius 1 is 0.833 bits per heavy atom. The summed E-state index contributed by atoms with van der Waals surface area (Å²) in [5.74, 6) is 0. The van der Waals surface area contributed by atoms with Crippen molar-refractivity contribution in [3.63, 3.8) is 0 Å². The summed E-state index contributed by atoms with van der Waals surface area (Å²) in [5.41, 5.74) is 0. The van der Waals surface area contributed by atoms with E-state index < -0.39 is 11.5 Å². The zero-order valence-electron chi connectivity index (χ0n) is 2.83.